The zero-order valence-electron chi connectivity index (χ0n) is 9.75. The number of hydrogen-bond donors (Lipinski definition) is 2. The maximum absolute atomic E-state index is 12.1. The van der Waals surface area contributed by atoms with Gasteiger partial charge >= 0.3 is 0 Å². The van der Waals surface area contributed by atoms with E-state index in [1.807, 2.05) is 0 Å². The molecule has 3 N–H and O–H groups in total. The van der Waals surface area contributed by atoms with Crippen LogP contribution in [0.5, 0.6) is 0 Å². The molecule has 1 heterocycles. The summed E-state index contributed by atoms with van der Waals surface area (Å²) in [5.74, 6) is -0.330. The molecule has 0 fully saturated rings. The van der Waals surface area contributed by atoms with E-state index in [-0.39, 0.29) is 32.1 Å². The number of halogens is 4. The summed E-state index contributed by atoms with van der Waals surface area (Å²) in [6, 6.07) is 4.29. The van der Waals surface area contributed by atoms with E-state index in [4.69, 9.17) is 52.1 Å². The highest BCUT2D eigenvalue weighted by atomic mass is 35.5. The smallest absolute Gasteiger partial charge is 0.257 e. The Morgan fingerprint density at radius 2 is 1.65 bits per heavy atom. The third-order valence-corrected chi connectivity index (χ3v) is 3.48. The topological polar surface area (TPSA) is 68.0 Å². The Hall–Kier alpha value is -1.20. The van der Waals surface area contributed by atoms with E-state index >= 15 is 0 Å². The highest BCUT2D eigenvalue weighted by molar-refractivity contribution is 6.42. The molecule has 0 saturated heterocycles. The summed E-state index contributed by atoms with van der Waals surface area (Å²) >= 11 is 23.7. The van der Waals surface area contributed by atoms with Crippen LogP contribution in [0.2, 0.25) is 20.1 Å². The number of hydrogen-bond acceptors (Lipinski definition) is 3. The first-order valence-corrected chi connectivity index (χ1v) is 6.76. The second-order valence-corrected chi connectivity index (χ2v) is 5.45. The molecule has 0 unspecified atom stereocenters. The van der Waals surface area contributed by atoms with Gasteiger partial charge in [0.25, 0.3) is 5.91 Å². The molecular formula is C12H7Cl4N3O. The van der Waals surface area contributed by atoms with E-state index in [0.29, 0.717) is 5.02 Å². The van der Waals surface area contributed by atoms with Crippen molar-refractivity contribution in [3.63, 3.8) is 0 Å². The molecule has 0 aliphatic rings. The van der Waals surface area contributed by atoms with Gasteiger partial charge in [0.2, 0.25) is 0 Å². The normalized spacial score (nSPS) is 10.4. The number of nitrogens with two attached hydrogens (primary N) is 1. The summed E-state index contributed by atoms with van der Waals surface area (Å²) in [4.78, 5) is 15.9. The van der Waals surface area contributed by atoms with E-state index in [0.717, 1.165) is 0 Å². The fourth-order valence-electron chi connectivity index (χ4n) is 1.47. The summed E-state index contributed by atoms with van der Waals surface area (Å²) in [7, 11) is 0. The van der Waals surface area contributed by atoms with Crippen molar-refractivity contribution in [2.45, 2.75) is 0 Å². The molecule has 8 heteroatoms. The number of nitrogen functional groups attached to an aromatic ring is 1. The lowest BCUT2D eigenvalue weighted by Crippen LogP contribution is -2.14. The van der Waals surface area contributed by atoms with Gasteiger partial charge in [0, 0.05) is 11.2 Å². The molecule has 104 valence electrons. The Balaban J connectivity index is 2.35. The molecule has 0 atom stereocenters. The van der Waals surface area contributed by atoms with Gasteiger partial charge in [-0.3, -0.25) is 4.79 Å². The van der Waals surface area contributed by atoms with E-state index < -0.39 is 5.91 Å². The van der Waals surface area contributed by atoms with Crippen molar-refractivity contribution >= 4 is 63.8 Å². The highest BCUT2D eigenvalue weighted by Gasteiger charge is 2.15. The molecular weight excluding hydrogens is 344 g/mol. The number of carbonyl (C=O) groups excluding carboxylic acids is 1. The minimum Gasteiger partial charge on any atom is -0.384 e. The van der Waals surface area contributed by atoms with Gasteiger partial charge in [-0.25, -0.2) is 4.98 Å². The lowest BCUT2D eigenvalue weighted by atomic mass is 10.2. The first-order valence-electron chi connectivity index (χ1n) is 5.25. The van der Waals surface area contributed by atoms with Crippen LogP contribution in [-0.4, -0.2) is 10.9 Å². The summed E-state index contributed by atoms with van der Waals surface area (Å²) in [5.41, 5.74) is 5.93. The van der Waals surface area contributed by atoms with Crippen LogP contribution in [0.15, 0.2) is 24.4 Å². The van der Waals surface area contributed by atoms with Crippen LogP contribution in [0, 0.1) is 0 Å². The Morgan fingerprint density at radius 3 is 2.25 bits per heavy atom. The second kappa shape index (κ2) is 6.06. The molecule has 0 aliphatic carbocycles. The molecule has 0 bridgehead atoms. The van der Waals surface area contributed by atoms with Crippen LogP contribution >= 0.6 is 46.4 Å². The number of anilines is 2. The zero-order chi connectivity index (χ0) is 14.9. The van der Waals surface area contributed by atoms with Crippen molar-refractivity contribution < 1.29 is 4.79 Å². The minimum atomic E-state index is -0.504. The van der Waals surface area contributed by atoms with Crippen LogP contribution in [0.25, 0.3) is 0 Å². The van der Waals surface area contributed by atoms with Gasteiger partial charge in [-0.2, -0.15) is 0 Å². The molecule has 0 radical (unpaired) electrons. The standard InChI is InChI=1S/C12H7Cl4N3O/c13-5-1-7(14)11(8(15)2-5)19-12(20)6-3-10(17)18-4-9(6)16/h1-4H,(H2,17,18)(H,19,20). The van der Waals surface area contributed by atoms with Gasteiger partial charge in [0.15, 0.2) is 0 Å². The number of nitrogens with one attached hydrogen (secondary N) is 1. The van der Waals surface area contributed by atoms with Crippen molar-refractivity contribution in [3.8, 4) is 0 Å². The number of carbonyl (C=O) groups is 1. The van der Waals surface area contributed by atoms with Gasteiger partial charge < -0.3 is 11.1 Å². The lowest BCUT2D eigenvalue weighted by Gasteiger charge is -2.11. The lowest BCUT2D eigenvalue weighted by molar-refractivity contribution is 0.102. The number of benzene rings is 1. The predicted octanol–water partition coefficient (Wildman–Crippen LogP) is 4.53. The van der Waals surface area contributed by atoms with E-state index in [2.05, 4.69) is 10.3 Å². The second-order valence-electron chi connectivity index (χ2n) is 3.79. The molecule has 1 aromatic carbocycles. The van der Waals surface area contributed by atoms with E-state index in [1.165, 1.54) is 24.4 Å². The predicted molar refractivity (Wildman–Crippen MR) is 83.1 cm³/mol. The summed E-state index contributed by atoms with van der Waals surface area (Å²) < 4.78 is 0. The summed E-state index contributed by atoms with van der Waals surface area (Å²) in [5, 5.41) is 3.52. The largest absolute Gasteiger partial charge is 0.384 e. The van der Waals surface area contributed by atoms with E-state index in [1.54, 1.807) is 0 Å². The van der Waals surface area contributed by atoms with Gasteiger partial charge in [-0.05, 0) is 18.2 Å². The molecule has 20 heavy (non-hydrogen) atoms. The Bertz CT molecular complexity index is 667. The van der Waals surface area contributed by atoms with Crippen molar-refractivity contribution in [3.05, 3.63) is 50.0 Å². The van der Waals surface area contributed by atoms with E-state index in [9.17, 15) is 4.79 Å². The molecule has 4 nitrogen and oxygen atoms in total. The summed E-state index contributed by atoms with van der Waals surface area (Å²) in [6.07, 6.45) is 1.29. The first-order chi connectivity index (χ1) is 9.38. The third-order valence-electron chi connectivity index (χ3n) is 2.37. The zero-order valence-corrected chi connectivity index (χ0v) is 12.8. The fraction of sp³-hybridized carbons (Fsp3) is 0. The third kappa shape index (κ3) is 3.27. The number of amides is 1. The average molecular weight is 351 g/mol. The molecule has 2 aromatic rings. The number of rotatable bonds is 2. The van der Waals surface area contributed by atoms with Crippen LogP contribution < -0.4 is 11.1 Å². The number of aromatic nitrogens is 1. The molecule has 0 saturated carbocycles. The maximum Gasteiger partial charge on any atom is 0.257 e. The maximum atomic E-state index is 12.1. The highest BCUT2D eigenvalue weighted by Crippen LogP contribution is 2.34. The first kappa shape index (κ1) is 15.2. The van der Waals surface area contributed by atoms with Crippen LogP contribution in [-0.2, 0) is 0 Å². The van der Waals surface area contributed by atoms with Crippen LogP contribution in [0.3, 0.4) is 0 Å². The average Bonchev–Trinajstić information content (AvgIpc) is 2.36. The van der Waals surface area contributed by atoms with Crippen molar-refractivity contribution in [1.29, 1.82) is 0 Å². The monoisotopic (exact) mass is 349 g/mol. The Kier molecular flexibility index (Phi) is 4.60. The van der Waals surface area contributed by atoms with Crippen LogP contribution in [0.1, 0.15) is 10.4 Å². The minimum absolute atomic E-state index is 0.165. The number of nitrogens with zero attached hydrogens (tertiary/aromatic N) is 1. The molecule has 1 aromatic heterocycles. The quantitative estimate of drug-likeness (QED) is 0.835. The van der Waals surface area contributed by atoms with Crippen LogP contribution in [0.4, 0.5) is 11.5 Å². The molecule has 1 amide bonds. The van der Waals surface area contributed by atoms with Crippen molar-refractivity contribution in [2.75, 3.05) is 11.1 Å². The Morgan fingerprint density at radius 1 is 1.05 bits per heavy atom. The van der Waals surface area contributed by atoms with Gasteiger partial charge in [-0.1, -0.05) is 46.4 Å². The fourth-order valence-corrected chi connectivity index (χ4v) is 2.57. The van der Waals surface area contributed by atoms with Crippen molar-refractivity contribution in [1.82, 2.24) is 4.98 Å². The van der Waals surface area contributed by atoms with Gasteiger partial charge in [-0.15, -0.1) is 0 Å². The SMILES string of the molecule is Nc1cc(C(=O)Nc2c(Cl)cc(Cl)cc2Cl)c(Cl)cn1. The van der Waals surface area contributed by atoms with Crippen molar-refractivity contribution in [2.24, 2.45) is 0 Å². The Labute approximate surface area is 134 Å². The summed E-state index contributed by atoms with van der Waals surface area (Å²) in [6.45, 7) is 0. The van der Waals surface area contributed by atoms with Gasteiger partial charge in [0.1, 0.15) is 5.82 Å². The molecule has 0 aliphatic heterocycles. The molecule has 0 spiro atoms. The van der Waals surface area contributed by atoms with Gasteiger partial charge in [0.05, 0.1) is 26.3 Å². The molecule has 2 rings (SSSR count). The number of pyridine rings is 1.